The van der Waals surface area contributed by atoms with Crippen LogP contribution < -0.4 is 5.32 Å². The maximum Gasteiger partial charge on any atom is 0.238 e. The van der Waals surface area contributed by atoms with Gasteiger partial charge in [-0.2, -0.15) is 0 Å². The standard InChI is InChI=1S/C18H26Cl2N4O2/c1-3-24(4-2)18(26)13-23-9-7-22(8-10-23)12-17(25)21-16-6-5-14(19)11-15(16)20/h5-6,11H,3-4,7-10,12-13H2,1-2H3,(H,21,25). The molecule has 0 saturated carbocycles. The van der Waals surface area contributed by atoms with Crippen molar-refractivity contribution < 1.29 is 9.59 Å². The number of benzene rings is 1. The minimum atomic E-state index is -0.109. The molecule has 2 amide bonds. The third kappa shape index (κ3) is 6.13. The third-order valence-electron chi connectivity index (χ3n) is 4.51. The quantitative estimate of drug-likeness (QED) is 0.763. The van der Waals surface area contributed by atoms with Crippen LogP contribution in [0, 0.1) is 0 Å². The fraction of sp³-hybridized carbons (Fsp3) is 0.556. The first-order chi connectivity index (χ1) is 12.4. The number of halogens is 2. The molecule has 2 rings (SSSR count). The van der Waals surface area contributed by atoms with Crippen molar-refractivity contribution in [3.8, 4) is 0 Å². The van der Waals surface area contributed by atoms with Crippen LogP contribution in [0.25, 0.3) is 0 Å². The van der Waals surface area contributed by atoms with Gasteiger partial charge in [-0.1, -0.05) is 23.2 Å². The summed E-state index contributed by atoms with van der Waals surface area (Å²) in [6.07, 6.45) is 0. The molecule has 26 heavy (non-hydrogen) atoms. The molecule has 8 heteroatoms. The highest BCUT2D eigenvalue weighted by Crippen LogP contribution is 2.25. The molecule has 0 radical (unpaired) electrons. The second-order valence-corrected chi connectivity index (χ2v) is 7.13. The maximum atomic E-state index is 12.2. The second-order valence-electron chi connectivity index (χ2n) is 6.29. The molecule has 144 valence electrons. The minimum absolute atomic E-state index is 0.109. The van der Waals surface area contributed by atoms with Gasteiger partial charge < -0.3 is 10.2 Å². The molecule has 0 atom stereocenters. The maximum absolute atomic E-state index is 12.2. The average Bonchev–Trinajstić information content (AvgIpc) is 2.60. The Kier molecular flexibility index (Phi) is 8.15. The summed E-state index contributed by atoms with van der Waals surface area (Å²) in [4.78, 5) is 30.5. The molecule has 1 heterocycles. The Morgan fingerprint density at radius 2 is 1.62 bits per heavy atom. The van der Waals surface area contributed by atoms with Crippen molar-refractivity contribution >= 4 is 40.7 Å². The summed E-state index contributed by atoms with van der Waals surface area (Å²) in [7, 11) is 0. The van der Waals surface area contributed by atoms with Crippen LogP contribution in [0.4, 0.5) is 5.69 Å². The highest BCUT2D eigenvalue weighted by Gasteiger charge is 2.22. The number of anilines is 1. The first-order valence-electron chi connectivity index (χ1n) is 8.90. The molecule has 1 aromatic carbocycles. The van der Waals surface area contributed by atoms with Gasteiger partial charge in [0.05, 0.1) is 23.8 Å². The Bertz CT molecular complexity index is 630. The van der Waals surface area contributed by atoms with E-state index in [1.807, 2.05) is 18.7 Å². The van der Waals surface area contributed by atoms with Gasteiger partial charge in [-0.25, -0.2) is 0 Å². The zero-order chi connectivity index (χ0) is 19.1. The molecule has 0 bridgehead atoms. The van der Waals surface area contributed by atoms with E-state index in [9.17, 15) is 9.59 Å². The van der Waals surface area contributed by atoms with Crippen molar-refractivity contribution in [2.45, 2.75) is 13.8 Å². The van der Waals surface area contributed by atoms with E-state index in [1.54, 1.807) is 18.2 Å². The van der Waals surface area contributed by atoms with Gasteiger partial charge in [-0.15, -0.1) is 0 Å². The fourth-order valence-corrected chi connectivity index (χ4v) is 3.41. The van der Waals surface area contributed by atoms with Crippen molar-refractivity contribution in [3.63, 3.8) is 0 Å². The number of carbonyl (C=O) groups is 2. The Morgan fingerprint density at radius 1 is 1.04 bits per heavy atom. The van der Waals surface area contributed by atoms with Gasteiger partial charge in [0.25, 0.3) is 0 Å². The van der Waals surface area contributed by atoms with E-state index in [2.05, 4.69) is 15.1 Å². The highest BCUT2D eigenvalue weighted by atomic mass is 35.5. The summed E-state index contributed by atoms with van der Waals surface area (Å²) >= 11 is 11.9. The Morgan fingerprint density at radius 3 is 2.15 bits per heavy atom. The van der Waals surface area contributed by atoms with E-state index in [-0.39, 0.29) is 11.8 Å². The zero-order valence-corrected chi connectivity index (χ0v) is 16.8. The number of hydrogen-bond donors (Lipinski definition) is 1. The first-order valence-corrected chi connectivity index (χ1v) is 9.65. The monoisotopic (exact) mass is 400 g/mol. The van der Waals surface area contributed by atoms with Crippen LogP contribution in [-0.2, 0) is 9.59 Å². The molecule has 0 spiro atoms. The SMILES string of the molecule is CCN(CC)C(=O)CN1CCN(CC(=O)Nc2ccc(Cl)cc2Cl)CC1. The molecule has 1 aliphatic heterocycles. The molecular weight excluding hydrogens is 375 g/mol. The summed E-state index contributed by atoms with van der Waals surface area (Å²) in [6, 6.07) is 4.98. The number of likely N-dealkylation sites (N-methyl/N-ethyl adjacent to an activating group) is 1. The van der Waals surface area contributed by atoms with E-state index >= 15 is 0 Å². The molecule has 6 nitrogen and oxygen atoms in total. The predicted molar refractivity (Wildman–Crippen MR) is 106 cm³/mol. The predicted octanol–water partition coefficient (Wildman–Crippen LogP) is 2.42. The molecule has 0 unspecified atom stereocenters. The molecule has 1 N–H and O–H groups in total. The smallest absolute Gasteiger partial charge is 0.238 e. The van der Waals surface area contributed by atoms with Crippen molar-refractivity contribution in [1.82, 2.24) is 14.7 Å². The zero-order valence-electron chi connectivity index (χ0n) is 15.3. The average molecular weight is 401 g/mol. The van der Waals surface area contributed by atoms with Crippen LogP contribution in [0.2, 0.25) is 10.0 Å². The van der Waals surface area contributed by atoms with Gasteiger partial charge in [-0.3, -0.25) is 19.4 Å². The number of carbonyl (C=O) groups excluding carboxylic acids is 2. The van der Waals surface area contributed by atoms with Crippen LogP contribution in [0.5, 0.6) is 0 Å². The van der Waals surface area contributed by atoms with E-state index < -0.39 is 0 Å². The van der Waals surface area contributed by atoms with Crippen molar-refractivity contribution in [2.75, 3.05) is 57.7 Å². The summed E-state index contributed by atoms with van der Waals surface area (Å²) in [5, 5.41) is 3.77. The number of piperazine rings is 1. The van der Waals surface area contributed by atoms with Gasteiger partial charge in [0.1, 0.15) is 0 Å². The highest BCUT2D eigenvalue weighted by molar-refractivity contribution is 6.36. The van der Waals surface area contributed by atoms with Crippen LogP contribution >= 0.6 is 23.2 Å². The van der Waals surface area contributed by atoms with E-state index in [1.165, 1.54) is 0 Å². The van der Waals surface area contributed by atoms with Crippen LogP contribution in [-0.4, -0.2) is 78.9 Å². The lowest BCUT2D eigenvalue weighted by Gasteiger charge is -2.34. The first kappa shape index (κ1) is 21.0. The van der Waals surface area contributed by atoms with Gasteiger partial charge in [-0.05, 0) is 32.0 Å². The van der Waals surface area contributed by atoms with E-state index in [0.717, 1.165) is 39.3 Å². The van der Waals surface area contributed by atoms with Crippen molar-refractivity contribution in [3.05, 3.63) is 28.2 Å². The molecule has 0 aliphatic carbocycles. The summed E-state index contributed by atoms with van der Waals surface area (Å²) in [6.45, 7) is 9.28. The lowest BCUT2D eigenvalue weighted by atomic mass is 10.3. The Hall–Kier alpha value is -1.34. The van der Waals surface area contributed by atoms with Crippen LogP contribution in [0.1, 0.15) is 13.8 Å². The number of rotatable bonds is 7. The van der Waals surface area contributed by atoms with Gasteiger partial charge >= 0.3 is 0 Å². The lowest BCUT2D eigenvalue weighted by molar-refractivity contribution is -0.132. The number of amides is 2. The molecule has 1 fully saturated rings. The molecule has 0 aromatic heterocycles. The fourth-order valence-electron chi connectivity index (χ4n) is 2.96. The number of nitrogens with one attached hydrogen (secondary N) is 1. The minimum Gasteiger partial charge on any atom is -0.342 e. The summed E-state index contributed by atoms with van der Waals surface area (Å²) < 4.78 is 0. The van der Waals surface area contributed by atoms with Crippen LogP contribution in [0.3, 0.4) is 0 Å². The Balaban J connectivity index is 1.76. The summed E-state index contributed by atoms with van der Waals surface area (Å²) in [5.74, 6) is 0.0560. The van der Waals surface area contributed by atoms with Crippen molar-refractivity contribution in [1.29, 1.82) is 0 Å². The lowest BCUT2D eigenvalue weighted by Crippen LogP contribution is -2.51. The molecule has 1 saturated heterocycles. The molecule has 1 aliphatic rings. The Labute approximate surface area is 165 Å². The van der Waals surface area contributed by atoms with Gasteiger partial charge in [0.15, 0.2) is 0 Å². The number of nitrogens with zero attached hydrogens (tertiary/aromatic N) is 3. The largest absolute Gasteiger partial charge is 0.342 e. The van der Waals surface area contributed by atoms with Gasteiger partial charge in [0.2, 0.25) is 11.8 Å². The summed E-state index contributed by atoms with van der Waals surface area (Å²) in [5.41, 5.74) is 0.560. The number of hydrogen-bond acceptors (Lipinski definition) is 4. The van der Waals surface area contributed by atoms with E-state index in [4.69, 9.17) is 23.2 Å². The van der Waals surface area contributed by atoms with E-state index in [0.29, 0.717) is 28.8 Å². The van der Waals surface area contributed by atoms with Gasteiger partial charge in [0, 0.05) is 44.3 Å². The normalized spacial score (nSPS) is 15.7. The topological polar surface area (TPSA) is 55.9 Å². The molecule has 1 aromatic rings. The second kappa shape index (κ2) is 10.1. The molecular formula is C18H26Cl2N4O2. The third-order valence-corrected chi connectivity index (χ3v) is 5.06. The van der Waals surface area contributed by atoms with Crippen molar-refractivity contribution in [2.24, 2.45) is 0 Å². The van der Waals surface area contributed by atoms with Crippen LogP contribution in [0.15, 0.2) is 18.2 Å².